The third-order valence-electron chi connectivity index (χ3n) is 12.9. The molecule has 1 atom stereocenters. The summed E-state index contributed by atoms with van der Waals surface area (Å²) in [6.45, 7) is 16.3. The smallest absolute Gasteiger partial charge is 0.135 e. The first kappa shape index (κ1) is 46.2. The molecular formula is C49H62N10O3S2. The molecule has 13 nitrogen and oxygen atoms in total. The molecule has 0 amide bonds. The fourth-order valence-electron chi connectivity index (χ4n) is 9.37. The first-order chi connectivity index (χ1) is 31.0. The lowest BCUT2D eigenvalue weighted by atomic mass is 9.84. The predicted molar refractivity (Wildman–Crippen MR) is 253 cm³/mol. The van der Waals surface area contributed by atoms with Crippen LogP contribution in [0.25, 0.3) is 0 Å². The van der Waals surface area contributed by atoms with E-state index in [0.717, 1.165) is 157 Å². The van der Waals surface area contributed by atoms with E-state index in [-0.39, 0.29) is 5.60 Å². The van der Waals surface area contributed by atoms with Crippen LogP contribution in [0.3, 0.4) is 0 Å². The number of methoxy groups -OCH3 is 1. The Kier molecular flexibility index (Phi) is 15.1. The monoisotopic (exact) mass is 902 g/mol. The number of likely N-dealkylation sites (N-methyl/N-ethyl adjacent to an activating group) is 1. The van der Waals surface area contributed by atoms with Crippen LogP contribution in [0.15, 0.2) is 52.8 Å². The molecular weight excluding hydrogens is 841 g/mol. The lowest BCUT2D eigenvalue weighted by Crippen LogP contribution is -2.48. The van der Waals surface area contributed by atoms with Gasteiger partial charge in [0, 0.05) is 125 Å². The second kappa shape index (κ2) is 20.9. The SMILES string of the molecule is COCCN1CCN(c2nc(SCCc3cc(CC4(C)Cc5c(C#N)c(SCCc6ccccn6)nc(N6CCCN(C)CC6)c5CO4)ccn3)c(C#N)c3c2COC(C)(C)C3)CC1. The second-order valence-electron chi connectivity index (χ2n) is 18.3. The highest BCUT2D eigenvalue weighted by molar-refractivity contribution is 7.99. The maximum absolute atomic E-state index is 10.7. The van der Waals surface area contributed by atoms with Gasteiger partial charge in [-0.1, -0.05) is 6.07 Å². The highest BCUT2D eigenvalue weighted by Gasteiger charge is 2.38. The van der Waals surface area contributed by atoms with E-state index in [0.29, 0.717) is 43.6 Å². The number of pyridine rings is 4. The number of aryl methyl sites for hydroxylation is 2. The Bertz CT molecular complexity index is 2350. The molecule has 8 rings (SSSR count). The molecule has 0 radical (unpaired) electrons. The number of aromatic nitrogens is 4. The van der Waals surface area contributed by atoms with E-state index >= 15 is 0 Å². The number of nitrogens with zero attached hydrogens (tertiary/aromatic N) is 10. The molecule has 1 unspecified atom stereocenters. The summed E-state index contributed by atoms with van der Waals surface area (Å²) in [4.78, 5) is 29.4. The van der Waals surface area contributed by atoms with Crippen LogP contribution in [-0.2, 0) is 59.5 Å². The molecule has 2 fully saturated rings. The third-order valence-corrected chi connectivity index (χ3v) is 14.9. The summed E-state index contributed by atoms with van der Waals surface area (Å²) in [5.74, 6) is 3.44. The highest BCUT2D eigenvalue weighted by Crippen LogP contribution is 2.41. The third kappa shape index (κ3) is 11.0. The molecule has 0 saturated carbocycles. The van der Waals surface area contributed by atoms with Crippen LogP contribution in [0.5, 0.6) is 0 Å². The normalized spacial score (nSPS) is 20.2. The van der Waals surface area contributed by atoms with Crippen LogP contribution in [0, 0.1) is 22.7 Å². The van der Waals surface area contributed by atoms with Gasteiger partial charge in [0.25, 0.3) is 0 Å². The average molecular weight is 903 g/mol. The number of rotatable bonds is 15. The number of anilines is 2. The molecule has 0 aromatic carbocycles. The molecule has 0 aliphatic carbocycles. The van der Waals surface area contributed by atoms with Crippen molar-refractivity contribution in [3.05, 3.63) is 93.1 Å². The van der Waals surface area contributed by atoms with Crippen molar-refractivity contribution in [2.45, 2.75) is 93.8 Å². The van der Waals surface area contributed by atoms with Gasteiger partial charge in [-0.25, -0.2) is 9.97 Å². The van der Waals surface area contributed by atoms with Crippen LogP contribution in [0.2, 0.25) is 0 Å². The summed E-state index contributed by atoms with van der Waals surface area (Å²) in [5.41, 5.74) is 7.89. The summed E-state index contributed by atoms with van der Waals surface area (Å²) in [7, 11) is 3.93. The number of piperazine rings is 1. The van der Waals surface area contributed by atoms with Crippen molar-refractivity contribution in [3.8, 4) is 12.1 Å². The largest absolute Gasteiger partial charge is 0.383 e. The molecule has 0 N–H and O–H groups in total. The van der Waals surface area contributed by atoms with Crippen molar-refractivity contribution in [2.75, 3.05) is 101 Å². The molecule has 4 aliphatic heterocycles. The number of ether oxygens (including phenoxy) is 3. The van der Waals surface area contributed by atoms with Crippen molar-refractivity contribution in [2.24, 2.45) is 0 Å². The van der Waals surface area contributed by atoms with Gasteiger partial charge in [0.1, 0.15) is 33.8 Å². The van der Waals surface area contributed by atoms with Crippen molar-refractivity contribution < 1.29 is 14.2 Å². The summed E-state index contributed by atoms with van der Waals surface area (Å²) >= 11 is 3.30. The fraction of sp³-hybridized carbons (Fsp3) is 0.551. The van der Waals surface area contributed by atoms with Crippen LogP contribution >= 0.6 is 23.5 Å². The molecule has 8 heterocycles. The molecule has 0 spiro atoms. The average Bonchev–Trinajstić information content (AvgIpc) is 3.51. The topological polar surface area (TPSA) is 140 Å². The van der Waals surface area contributed by atoms with E-state index in [2.05, 4.69) is 82.7 Å². The van der Waals surface area contributed by atoms with Gasteiger partial charge in [-0.2, -0.15) is 10.5 Å². The standard InChI is InChI=1S/C49H62N10O3S2/c1-48(2)29-38-40(31-50)46(55-45(42(38)33-61-48)59-21-18-57(19-22-59)23-24-60-5)64-26-12-37-27-35(10-14-53-37)28-49(3)30-39-41(32-51)47(63-25-11-36-9-6-7-13-52-36)54-44(43(39)34-62-49)58-16-8-15-56(4)17-20-58/h6-7,9-10,13-14,27H,8,11-12,15-26,28-30,33-34H2,1-5H3. The first-order valence-electron chi connectivity index (χ1n) is 22.7. The molecule has 0 bridgehead atoms. The zero-order chi connectivity index (χ0) is 44.7. The molecule has 4 aromatic rings. The van der Waals surface area contributed by atoms with Crippen molar-refractivity contribution >= 4 is 35.2 Å². The first-order valence-corrected chi connectivity index (χ1v) is 24.7. The maximum Gasteiger partial charge on any atom is 0.135 e. The minimum Gasteiger partial charge on any atom is -0.383 e. The Balaban J connectivity index is 0.986. The number of fused-ring (bicyclic) bond motifs is 2. The Labute approximate surface area is 387 Å². The quantitative estimate of drug-likeness (QED) is 0.120. The Morgan fingerprint density at radius 2 is 1.38 bits per heavy atom. The van der Waals surface area contributed by atoms with Gasteiger partial charge >= 0.3 is 0 Å². The molecule has 2 saturated heterocycles. The van der Waals surface area contributed by atoms with Gasteiger partial charge in [-0.05, 0) is 94.6 Å². The van der Waals surface area contributed by atoms with Gasteiger partial charge < -0.3 is 28.9 Å². The van der Waals surface area contributed by atoms with E-state index in [4.69, 9.17) is 29.2 Å². The summed E-state index contributed by atoms with van der Waals surface area (Å²) in [5, 5.41) is 22.9. The van der Waals surface area contributed by atoms with Crippen LogP contribution < -0.4 is 9.80 Å². The maximum atomic E-state index is 10.7. The summed E-state index contributed by atoms with van der Waals surface area (Å²) < 4.78 is 18.5. The van der Waals surface area contributed by atoms with Gasteiger partial charge in [0.15, 0.2) is 0 Å². The minimum absolute atomic E-state index is 0.357. The number of hydrogen-bond donors (Lipinski definition) is 0. The van der Waals surface area contributed by atoms with Crippen LogP contribution in [-0.4, -0.2) is 132 Å². The van der Waals surface area contributed by atoms with Gasteiger partial charge in [-0.15, -0.1) is 23.5 Å². The number of hydrogen-bond acceptors (Lipinski definition) is 15. The Hall–Kier alpha value is -4.32. The van der Waals surface area contributed by atoms with E-state index < -0.39 is 5.60 Å². The molecule has 4 aliphatic rings. The Morgan fingerprint density at radius 3 is 2.05 bits per heavy atom. The van der Waals surface area contributed by atoms with E-state index in [1.807, 2.05) is 24.5 Å². The minimum atomic E-state index is -0.530. The second-order valence-corrected chi connectivity index (χ2v) is 20.5. The van der Waals surface area contributed by atoms with Crippen molar-refractivity contribution in [3.63, 3.8) is 0 Å². The molecule has 64 heavy (non-hydrogen) atoms. The predicted octanol–water partition coefficient (Wildman–Crippen LogP) is 6.52. The Morgan fingerprint density at radius 1 is 0.734 bits per heavy atom. The van der Waals surface area contributed by atoms with Gasteiger partial charge in [0.2, 0.25) is 0 Å². The lowest BCUT2D eigenvalue weighted by molar-refractivity contribution is -0.0536. The van der Waals surface area contributed by atoms with Crippen LogP contribution in [0.4, 0.5) is 11.6 Å². The van der Waals surface area contributed by atoms with Crippen molar-refractivity contribution in [1.82, 2.24) is 29.7 Å². The summed E-state index contributed by atoms with van der Waals surface area (Å²) in [6.07, 6.45) is 8.28. The zero-order valence-corrected chi connectivity index (χ0v) is 39.8. The molecule has 4 aromatic heterocycles. The number of thioether (sulfide) groups is 2. The van der Waals surface area contributed by atoms with E-state index in [1.165, 1.54) is 0 Å². The molecule has 15 heteroatoms. The fourth-order valence-corrected chi connectivity index (χ4v) is 11.3. The molecule has 338 valence electrons. The lowest BCUT2D eigenvalue weighted by Gasteiger charge is -2.39. The van der Waals surface area contributed by atoms with Gasteiger partial charge in [-0.3, -0.25) is 14.9 Å². The number of nitriles is 2. The van der Waals surface area contributed by atoms with E-state index in [9.17, 15) is 10.5 Å². The van der Waals surface area contributed by atoms with Crippen LogP contribution in [0.1, 0.15) is 77.5 Å². The van der Waals surface area contributed by atoms with Crippen molar-refractivity contribution in [1.29, 1.82) is 10.5 Å². The summed E-state index contributed by atoms with van der Waals surface area (Å²) in [6, 6.07) is 15.4. The highest BCUT2D eigenvalue weighted by atomic mass is 32.2. The zero-order valence-electron chi connectivity index (χ0n) is 38.2. The van der Waals surface area contributed by atoms with Gasteiger partial charge in [0.05, 0.1) is 42.1 Å². The van der Waals surface area contributed by atoms with E-state index in [1.54, 1.807) is 30.6 Å².